The van der Waals surface area contributed by atoms with E-state index >= 15 is 0 Å². The van der Waals surface area contributed by atoms with Gasteiger partial charge < -0.3 is 10.4 Å². The topological polar surface area (TPSA) is 63.0 Å². The van der Waals surface area contributed by atoms with Crippen LogP contribution in [0.3, 0.4) is 0 Å². The van der Waals surface area contributed by atoms with Gasteiger partial charge in [-0.15, -0.1) is 5.10 Å². The average Bonchev–Trinajstić information content (AvgIpc) is 2.97. The molecule has 1 fully saturated rings. The molecule has 3 atom stereocenters. The maximum atomic E-state index is 13.3. The van der Waals surface area contributed by atoms with E-state index in [1.807, 2.05) is 7.05 Å². The Morgan fingerprint density at radius 2 is 2.24 bits per heavy atom. The fourth-order valence-electron chi connectivity index (χ4n) is 2.98. The van der Waals surface area contributed by atoms with Gasteiger partial charge in [-0.2, -0.15) is 0 Å². The summed E-state index contributed by atoms with van der Waals surface area (Å²) in [4.78, 5) is 0. The summed E-state index contributed by atoms with van der Waals surface area (Å²) in [5.74, 6) is -0.296. The van der Waals surface area contributed by atoms with Gasteiger partial charge in [-0.3, -0.25) is 0 Å². The number of nitrogens with zero attached hydrogens (tertiary/aromatic N) is 3. The van der Waals surface area contributed by atoms with Crippen molar-refractivity contribution in [2.24, 2.45) is 0 Å². The highest BCUT2D eigenvalue weighted by Gasteiger charge is 2.32. The first-order valence-corrected chi connectivity index (χ1v) is 7.22. The third-order valence-corrected chi connectivity index (χ3v) is 4.16. The molecular weight excluding hydrogens is 271 g/mol. The first-order chi connectivity index (χ1) is 10.2. The number of likely N-dealkylation sites (N-methyl/N-ethyl adjacent to an activating group) is 1. The van der Waals surface area contributed by atoms with E-state index in [2.05, 4.69) is 15.6 Å². The second-order valence-corrected chi connectivity index (χ2v) is 5.48. The lowest BCUT2D eigenvalue weighted by atomic mass is 9.88. The SMILES string of the molecule is CN[C@H]1CCC[C@@H](n2cc(-c3cccc(F)c3)nn2)[C@@H]1O. The smallest absolute Gasteiger partial charge is 0.123 e. The summed E-state index contributed by atoms with van der Waals surface area (Å²) in [7, 11) is 1.86. The van der Waals surface area contributed by atoms with Gasteiger partial charge in [0.25, 0.3) is 0 Å². The van der Waals surface area contributed by atoms with Gasteiger partial charge in [0.05, 0.1) is 18.3 Å². The lowest BCUT2D eigenvalue weighted by Gasteiger charge is -2.34. The van der Waals surface area contributed by atoms with Gasteiger partial charge in [-0.1, -0.05) is 17.3 Å². The normalized spacial score (nSPS) is 26.0. The van der Waals surface area contributed by atoms with Crippen LogP contribution in [0, 0.1) is 5.82 Å². The van der Waals surface area contributed by atoms with Crippen LogP contribution in [0.5, 0.6) is 0 Å². The van der Waals surface area contributed by atoms with Crippen LogP contribution in [0.25, 0.3) is 11.3 Å². The highest BCUT2D eigenvalue weighted by atomic mass is 19.1. The van der Waals surface area contributed by atoms with Crippen LogP contribution in [-0.2, 0) is 0 Å². The van der Waals surface area contributed by atoms with Gasteiger partial charge in [-0.25, -0.2) is 9.07 Å². The zero-order valence-corrected chi connectivity index (χ0v) is 11.9. The van der Waals surface area contributed by atoms with Crippen LogP contribution in [0.1, 0.15) is 25.3 Å². The van der Waals surface area contributed by atoms with Crippen LogP contribution in [0.4, 0.5) is 4.39 Å². The zero-order valence-electron chi connectivity index (χ0n) is 11.9. The number of rotatable bonds is 3. The fraction of sp³-hybridized carbons (Fsp3) is 0.467. The van der Waals surface area contributed by atoms with Gasteiger partial charge in [0.15, 0.2) is 0 Å². The van der Waals surface area contributed by atoms with Crippen molar-refractivity contribution >= 4 is 0 Å². The van der Waals surface area contributed by atoms with Crippen LogP contribution in [-0.4, -0.2) is 39.3 Å². The molecule has 1 aliphatic carbocycles. The summed E-state index contributed by atoms with van der Waals surface area (Å²) in [6, 6.07) is 6.26. The number of aliphatic hydroxyl groups excluding tert-OH is 1. The summed E-state index contributed by atoms with van der Waals surface area (Å²) in [6.07, 6.45) is 4.14. The van der Waals surface area contributed by atoms with E-state index in [1.54, 1.807) is 23.0 Å². The summed E-state index contributed by atoms with van der Waals surface area (Å²) < 4.78 is 15.0. The molecule has 1 aliphatic rings. The minimum atomic E-state index is -0.495. The maximum Gasteiger partial charge on any atom is 0.123 e. The average molecular weight is 290 g/mol. The van der Waals surface area contributed by atoms with Crippen molar-refractivity contribution in [3.8, 4) is 11.3 Å². The molecule has 0 spiro atoms. The van der Waals surface area contributed by atoms with Gasteiger partial charge >= 0.3 is 0 Å². The zero-order chi connectivity index (χ0) is 14.8. The maximum absolute atomic E-state index is 13.3. The molecule has 2 N–H and O–H groups in total. The Morgan fingerprint density at radius 3 is 3.00 bits per heavy atom. The molecule has 112 valence electrons. The highest BCUT2D eigenvalue weighted by Crippen LogP contribution is 2.29. The predicted octanol–water partition coefficient (Wildman–Crippen LogP) is 1.76. The van der Waals surface area contributed by atoms with Crippen LogP contribution in [0.15, 0.2) is 30.5 Å². The molecule has 5 nitrogen and oxygen atoms in total. The molecule has 0 bridgehead atoms. The molecule has 1 aromatic carbocycles. The lowest BCUT2D eigenvalue weighted by molar-refractivity contribution is 0.0399. The van der Waals surface area contributed by atoms with Crippen molar-refractivity contribution in [2.75, 3.05) is 7.05 Å². The Morgan fingerprint density at radius 1 is 1.38 bits per heavy atom. The molecular formula is C15H19FN4O. The molecule has 21 heavy (non-hydrogen) atoms. The largest absolute Gasteiger partial charge is 0.389 e. The van der Waals surface area contributed by atoms with Crippen molar-refractivity contribution in [3.05, 3.63) is 36.3 Å². The molecule has 0 radical (unpaired) electrons. The minimum absolute atomic E-state index is 0.0746. The Hall–Kier alpha value is -1.79. The Labute approximate surface area is 122 Å². The van der Waals surface area contributed by atoms with Gasteiger partial charge in [0.1, 0.15) is 11.5 Å². The van der Waals surface area contributed by atoms with Crippen LogP contribution >= 0.6 is 0 Å². The molecule has 3 rings (SSSR count). The lowest BCUT2D eigenvalue weighted by Crippen LogP contribution is -2.46. The molecule has 0 saturated heterocycles. The molecule has 6 heteroatoms. The van der Waals surface area contributed by atoms with Crippen molar-refractivity contribution in [1.82, 2.24) is 20.3 Å². The molecule has 1 aromatic heterocycles. The number of nitrogens with one attached hydrogen (secondary N) is 1. The van der Waals surface area contributed by atoms with Gasteiger partial charge in [0.2, 0.25) is 0 Å². The molecule has 0 aliphatic heterocycles. The third-order valence-electron chi connectivity index (χ3n) is 4.16. The molecule has 0 amide bonds. The second kappa shape index (κ2) is 5.91. The van der Waals surface area contributed by atoms with E-state index in [-0.39, 0.29) is 17.9 Å². The second-order valence-electron chi connectivity index (χ2n) is 5.48. The van der Waals surface area contributed by atoms with E-state index in [9.17, 15) is 9.50 Å². The van der Waals surface area contributed by atoms with E-state index in [0.29, 0.717) is 11.3 Å². The van der Waals surface area contributed by atoms with Crippen LogP contribution in [0.2, 0.25) is 0 Å². The molecule has 1 saturated carbocycles. The fourth-order valence-corrected chi connectivity index (χ4v) is 2.98. The molecule has 0 unspecified atom stereocenters. The van der Waals surface area contributed by atoms with Crippen molar-refractivity contribution in [2.45, 2.75) is 37.5 Å². The summed E-state index contributed by atoms with van der Waals surface area (Å²) >= 11 is 0. The van der Waals surface area contributed by atoms with Crippen molar-refractivity contribution in [3.63, 3.8) is 0 Å². The Bertz CT molecular complexity index is 615. The number of benzene rings is 1. The van der Waals surface area contributed by atoms with Gasteiger partial charge in [-0.05, 0) is 38.4 Å². The van der Waals surface area contributed by atoms with E-state index in [0.717, 1.165) is 19.3 Å². The van der Waals surface area contributed by atoms with Crippen LogP contribution < -0.4 is 5.32 Å². The third kappa shape index (κ3) is 2.82. The first-order valence-electron chi connectivity index (χ1n) is 7.22. The highest BCUT2D eigenvalue weighted by molar-refractivity contribution is 5.57. The van der Waals surface area contributed by atoms with E-state index in [1.165, 1.54) is 12.1 Å². The van der Waals surface area contributed by atoms with Crippen molar-refractivity contribution in [1.29, 1.82) is 0 Å². The summed E-state index contributed by atoms with van der Waals surface area (Å²) in [5, 5.41) is 21.8. The number of hydrogen-bond donors (Lipinski definition) is 2. The first kappa shape index (κ1) is 14.2. The summed E-state index contributed by atoms with van der Waals surface area (Å²) in [5.41, 5.74) is 1.31. The molecule has 1 heterocycles. The standard InChI is InChI=1S/C15H19FN4O/c1-17-12-6-3-7-14(15(12)21)20-9-13(18-19-20)10-4-2-5-11(16)8-10/h2,4-5,8-9,12,14-15,17,21H,3,6-7H2,1H3/t12-,14+,15+/m0/s1. The van der Waals surface area contributed by atoms with E-state index in [4.69, 9.17) is 0 Å². The van der Waals surface area contributed by atoms with E-state index < -0.39 is 6.10 Å². The monoisotopic (exact) mass is 290 g/mol. The summed E-state index contributed by atoms with van der Waals surface area (Å²) in [6.45, 7) is 0. The number of aromatic nitrogens is 3. The Kier molecular flexibility index (Phi) is 3.98. The number of halogens is 1. The molecule has 2 aromatic rings. The van der Waals surface area contributed by atoms with Gasteiger partial charge in [0, 0.05) is 11.6 Å². The number of aliphatic hydroxyl groups is 1. The predicted molar refractivity (Wildman–Crippen MR) is 77.2 cm³/mol. The number of hydrogen-bond acceptors (Lipinski definition) is 4. The quantitative estimate of drug-likeness (QED) is 0.904. The van der Waals surface area contributed by atoms with Crippen molar-refractivity contribution < 1.29 is 9.50 Å². The Balaban J connectivity index is 1.84. The minimum Gasteiger partial charge on any atom is -0.389 e.